The van der Waals surface area contributed by atoms with Gasteiger partial charge in [-0.3, -0.25) is 0 Å². The first-order valence-corrected chi connectivity index (χ1v) is 36.3. The van der Waals surface area contributed by atoms with Gasteiger partial charge in [0.2, 0.25) is 0 Å². The molecule has 3 aliphatic rings. The number of benzene rings is 12. The average Bonchev–Trinajstić information content (AvgIpc) is 1.55. The maximum Gasteiger partial charge on any atom is 0.252 e. The summed E-state index contributed by atoms with van der Waals surface area (Å²) in [7, 11) is 0. The van der Waals surface area contributed by atoms with Crippen LogP contribution in [-0.2, 0) is 27.1 Å². The third-order valence-electron chi connectivity index (χ3n) is 21.9. The van der Waals surface area contributed by atoms with Crippen LogP contribution in [0.3, 0.4) is 0 Å². The fourth-order valence-corrected chi connectivity index (χ4v) is 17.7. The molecule has 0 atom stereocenters. The predicted molar refractivity (Wildman–Crippen MR) is 429 cm³/mol. The Bertz CT molecular complexity index is 5780. The first-order chi connectivity index (χ1) is 47.3. The van der Waals surface area contributed by atoms with Gasteiger partial charge < -0.3 is 23.8 Å². The van der Waals surface area contributed by atoms with Crippen molar-refractivity contribution in [2.24, 2.45) is 0 Å². The van der Waals surface area contributed by atoms with Crippen LogP contribution in [0.1, 0.15) is 132 Å². The van der Waals surface area contributed by atoms with Gasteiger partial charge in [0.25, 0.3) is 6.71 Å². The molecule has 486 valence electrons. The molecule has 0 N–H and O–H groups in total. The highest BCUT2D eigenvalue weighted by Crippen LogP contribution is 2.56. The molecule has 0 fully saturated rings. The molecule has 99 heavy (non-hydrogen) atoms. The highest BCUT2D eigenvalue weighted by Gasteiger charge is 2.48. The first kappa shape index (κ1) is 61.3. The van der Waals surface area contributed by atoms with Gasteiger partial charge in [0.1, 0.15) is 0 Å². The van der Waals surface area contributed by atoms with E-state index in [1.807, 2.05) is 11.3 Å². The molecule has 0 radical (unpaired) electrons. The van der Waals surface area contributed by atoms with Crippen molar-refractivity contribution in [2.75, 3.05) is 14.7 Å². The Hall–Kier alpha value is -10.1. The van der Waals surface area contributed by atoms with E-state index >= 15 is 0 Å². The Labute approximate surface area is 587 Å². The third-order valence-corrected chi connectivity index (χ3v) is 23.0. The smallest absolute Gasteiger partial charge is 0.252 e. The molecule has 0 aliphatic carbocycles. The van der Waals surface area contributed by atoms with E-state index in [9.17, 15) is 0 Å². The second kappa shape index (κ2) is 21.2. The molecule has 0 saturated heterocycles. The van der Waals surface area contributed by atoms with Gasteiger partial charge in [-0.05, 0) is 210 Å². The van der Waals surface area contributed by atoms with E-state index in [-0.39, 0.29) is 33.8 Å². The second-order valence-electron chi connectivity index (χ2n) is 33.5. The molecule has 6 heterocycles. The van der Waals surface area contributed by atoms with Gasteiger partial charge in [0, 0.05) is 81.5 Å². The van der Waals surface area contributed by atoms with Gasteiger partial charge in [-0.25, -0.2) is 0 Å². The number of thiophene rings is 1. The lowest BCUT2D eigenvalue weighted by atomic mass is 9.33. The average molecular weight is 1300 g/mol. The van der Waals surface area contributed by atoms with Crippen molar-refractivity contribution in [3.05, 3.63) is 264 Å². The van der Waals surface area contributed by atoms with Crippen molar-refractivity contribution in [2.45, 2.75) is 131 Å². The normalized spacial score (nSPS) is 13.7. The number of rotatable bonds is 6. The van der Waals surface area contributed by atoms with Crippen molar-refractivity contribution >= 4 is 149 Å². The summed E-state index contributed by atoms with van der Waals surface area (Å²) in [5.74, 6) is 0. The van der Waals surface area contributed by atoms with E-state index in [1.165, 1.54) is 142 Å². The number of hydrogen-bond donors (Lipinski definition) is 0. The van der Waals surface area contributed by atoms with E-state index in [4.69, 9.17) is 0 Å². The molecular formula is C92H84BN5S. The van der Waals surface area contributed by atoms with Crippen LogP contribution < -0.4 is 31.1 Å². The molecule has 3 aliphatic heterocycles. The van der Waals surface area contributed by atoms with E-state index in [0.29, 0.717) is 0 Å². The summed E-state index contributed by atoms with van der Waals surface area (Å²) in [6.07, 6.45) is 0. The fourth-order valence-electron chi connectivity index (χ4n) is 16.6. The summed E-state index contributed by atoms with van der Waals surface area (Å²) in [4.78, 5) is 7.86. The molecule has 3 aromatic heterocycles. The van der Waals surface area contributed by atoms with Crippen LogP contribution in [0, 0.1) is 0 Å². The minimum atomic E-state index is -0.196. The molecular weight excluding hydrogens is 1220 g/mol. The molecule has 0 amide bonds. The van der Waals surface area contributed by atoms with Crippen LogP contribution in [0.25, 0.3) is 86.3 Å². The van der Waals surface area contributed by atoms with Crippen LogP contribution >= 0.6 is 11.3 Å². The van der Waals surface area contributed by atoms with E-state index in [1.54, 1.807) is 0 Å². The molecule has 15 aromatic rings. The minimum Gasteiger partial charge on any atom is -0.311 e. The molecule has 5 nitrogen and oxygen atoms in total. The molecule has 0 spiro atoms. The summed E-state index contributed by atoms with van der Waals surface area (Å²) < 4.78 is 7.83. The minimum absolute atomic E-state index is 0.0376. The van der Waals surface area contributed by atoms with Gasteiger partial charge in [0.05, 0.1) is 44.8 Å². The lowest BCUT2D eigenvalue weighted by molar-refractivity contribution is 0.590. The topological polar surface area (TPSA) is 19.6 Å². The second-order valence-corrected chi connectivity index (χ2v) is 34.6. The number of para-hydroxylation sites is 2. The highest BCUT2D eigenvalue weighted by atomic mass is 32.1. The lowest BCUT2D eigenvalue weighted by Crippen LogP contribution is -2.62. The molecule has 12 aromatic carbocycles. The molecule has 0 bridgehead atoms. The number of aromatic nitrogens is 2. The van der Waals surface area contributed by atoms with Crippen LogP contribution in [0.5, 0.6) is 0 Å². The Morgan fingerprint density at radius 3 is 1.40 bits per heavy atom. The standard InChI is InChI=1S/C92H84BN5S/c1-88(2,3)56-35-42-74-68(45-56)69-46-57(89(4,5)6)36-43-75(69)96(74)64-40-41-72-77(52-64)95(63-38-33-55(34-39-63)66-30-24-32-83-84(66)67-29-22-23-31-82(67)99-83)78-53-65(94(61-25-18-16-19-26-61)62-27-20-17-21-28-62)54-79-85(78)93(72)73-49-60(92(13,14)15)51-81-87(73)98(79)80-50-59(91(10,11)12)48-71-70-47-58(90(7,8)9)37-44-76(70)97(81)86(71)80/h16-54H,1-15H3. The lowest BCUT2D eigenvalue weighted by Gasteiger charge is -2.47. The quantitative estimate of drug-likeness (QED) is 0.155. The number of nitrogens with zero attached hydrogens (tertiary/aromatic N) is 5. The molecule has 0 saturated carbocycles. The number of anilines is 9. The van der Waals surface area contributed by atoms with Crippen molar-refractivity contribution in [3.8, 4) is 22.5 Å². The Morgan fingerprint density at radius 2 is 0.818 bits per heavy atom. The van der Waals surface area contributed by atoms with Crippen LogP contribution in [0.2, 0.25) is 0 Å². The zero-order valence-corrected chi connectivity index (χ0v) is 60.6. The Morgan fingerprint density at radius 1 is 0.323 bits per heavy atom. The largest absolute Gasteiger partial charge is 0.311 e. The summed E-state index contributed by atoms with van der Waals surface area (Å²) in [5, 5.41) is 7.74. The SMILES string of the molecule is CC(C)(C)c1cc2c3c(c1)-n1c4ccc(C(C)(C)C)cc4c4cc(C(C)(C)C)cc(c41)N3c1cc(N(c3ccccc3)c3ccccc3)cc3c1B2c1ccc(-n2c4ccc(C(C)(C)C)cc4c4cc(C(C)(C)C)ccc42)cc1N3c1ccc(-c2cccc3sc4ccccc4c23)cc1. The molecule has 7 heteroatoms. The van der Waals surface area contributed by atoms with E-state index in [0.717, 1.165) is 39.8 Å². The maximum absolute atomic E-state index is 2.73. The van der Waals surface area contributed by atoms with Crippen LogP contribution in [-0.4, -0.2) is 15.8 Å². The Kier molecular flexibility index (Phi) is 13.1. The number of hydrogen-bond acceptors (Lipinski definition) is 4. The van der Waals surface area contributed by atoms with E-state index in [2.05, 4.69) is 364 Å². The van der Waals surface area contributed by atoms with Gasteiger partial charge in [-0.2, -0.15) is 0 Å². The summed E-state index contributed by atoms with van der Waals surface area (Å²) in [6.45, 7) is 35.2. The first-order valence-electron chi connectivity index (χ1n) is 35.5. The zero-order valence-electron chi connectivity index (χ0n) is 59.7. The van der Waals surface area contributed by atoms with Crippen molar-refractivity contribution < 1.29 is 0 Å². The summed E-state index contributed by atoms with van der Waals surface area (Å²) >= 11 is 1.88. The van der Waals surface area contributed by atoms with Crippen molar-refractivity contribution in [3.63, 3.8) is 0 Å². The van der Waals surface area contributed by atoms with E-state index < -0.39 is 0 Å². The Balaban J connectivity index is 0.987. The third kappa shape index (κ3) is 9.39. The highest BCUT2D eigenvalue weighted by molar-refractivity contribution is 7.26. The van der Waals surface area contributed by atoms with Crippen LogP contribution in [0.4, 0.5) is 51.2 Å². The van der Waals surface area contributed by atoms with Gasteiger partial charge in [-0.15, -0.1) is 11.3 Å². The summed E-state index contributed by atoms with van der Waals surface area (Å²) in [5.41, 5.74) is 29.9. The maximum atomic E-state index is 2.73. The molecule has 18 rings (SSSR count). The fraction of sp³-hybridized carbons (Fsp3) is 0.217. The van der Waals surface area contributed by atoms with Gasteiger partial charge in [-0.1, -0.05) is 213 Å². The monoisotopic (exact) mass is 1300 g/mol. The predicted octanol–water partition coefficient (Wildman–Crippen LogP) is 24.3. The van der Waals surface area contributed by atoms with Crippen molar-refractivity contribution in [1.29, 1.82) is 0 Å². The number of fused-ring (bicyclic) bond motifs is 15. The van der Waals surface area contributed by atoms with Crippen molar-refractivity contribution in [1.82, 2.24) is 9.13 Å². The summed E-state index contributed by atoms with van der Waals surface area (Å²) in [6, 6.07) is 92.0. The van der Waals surface area contributed by atoms with Gasteiger partial charge in [0.15, 0.2) is 0 Å². The molecule has 0 unspecified atom stereocenters. The van der Waals surface area contributed by atoms with Gasteiger partial charge >= 0.3 is 0 Å². The zero-order chi connectivity index (χ0) is 68.3. The van der Waals surface area contributed by atoms with Crippen LogP contribution in [0.15, 0.2) is 237 Å².